The van der Waals surface area contributed by atoms with Crippen LogP contribution < -0.4 is 19.7 Å². The molecule has 374 valence electrons. The molecule has 17 nitrogen and oxygen atoms in total. The Bertz CT molecular complexity index is 2770. The number of carbonyl (C=O) groups excluding carboxylic acids is 2. The fraction of sp³-hybridized carbons (Fsp3) is 0.604. The van der Waals surface area contributed by atoms with E-state index in [1.54, 1.807) is 26.8 Å². The lowest BCUT2D eigenvalue weighted by atomic mass is 9.55. The number of Topliss-reactive ketones (excluding diaryl/α,β-unsaturated/α-hetero) is 2. The van der Waals surface area contributed by atoms with Crippen LogP contribution in [0.2, 0.25) is 0 Å². The normalized spacial score (nSPS) is 29.6. The van der Waals surface area contributed by atoms with Gasteiger partial charge in [-0.25, -0.2) is 31.8 Å². The number of allylic oxidation sites excluding steroid dienone is 2. The van der Waals surface area contributed by atoms with Gasteiger partial charge >= 0.3 is 0 Å². The van der Waals surface area contributed by atoms with Crippen LogP contribution >= 0.6 is 0 Å². The van der Waals surface area contributed by atoms with Crippen molar-refractivity contribution in [2.75, 3.05) is 28.4 Å². The van der Waals surface area contributed by atoms with Crippen LogP contribution in [0.3, 0.4) is 0 Å². The number of methoxy groups -OCH3 is 3. The van der Waals surface area contributed by atoms with Gasteiger partial charge in [0.25, 0.3) is 6.04 Å². The third-order valence-electron chi connectivity index (χ3n) is 16.2. The van der Waals surface area contributed by atoms with Gasteiger partial charge in [0.05, 0.1) is 51.2 Å². The van der Waals surface area contributed by atoms with Crippen molar-refractivity contribution >= 4 is 11.6 Å². The summed E-state index contributed by atoms with van der Waals surface area (Å²) in [7, 11) is 7.62. The number of rotatable bonds is 3. The first-order valence-corrected chi connectivity index (χ1v) is 23.8. The number of ketones is 2. The van der Waals surface area contributed by atoms with Gasteiger partial charge in [0.1, 0.15) is 23.2 Å². The average molecular weight is 961 g/mol. The third kappa shape index (κ3) is 8.96. The van der Waals surface area contributed by atoms with Crippen molar-refractivity contribution in [2.24, 2.45) is 29.6 Å². The standard InChI is InChI=1S/2C17H21N3O2.C17H19N3O2.CH5NO.CH4/c1-9-13-6-5-12-15(19-10(2)20-16(12)21-4)17(13,3)7-11-8-18-22-14(9)11;2*1-9-12-7-6-11-15(19-10(2)20-16(11)22-5)17(12,3)8-13(18-4)14(9)21;1-2-3;/h8-9,13H,5-7H2,1-4H3;9,12-13H,6-8H2,1-3,5H3;8-9,12H,6-7H2,1-3,5H3;2-3H,1H3;1H4/t9-,13-,17-;9-,12-,13?,17-;9-,12-,17-;;/m000../s1/i;;;;1T. The Hall–Kier alpha value is -6.17. The summed E-state index contributed by atoms with van der Waals surface area (Å²) in [4.78, 5) is 59.1. The highest BCUT2D eigenvalue weighted by atomic mass is 16.5. The molecule has 10 rings (SSSR count). The number of aromatic nitrogens is 7. The zero-order chi connectivity index (χ0) is 52.3. The van der Waals surface area contributed by atoms with Gasteiger partial charge < -0.3 is 33.6 Å². The molecule has 10 atom stereocenters. The Morgan fingerprint density at radius 1 is 0.743 bits per heavy atom. The molecule has 1 fully saturated rings. The summed E-state index contributed by atoms with van der Waals surface area (Å²) in [5.74, 6) is 6.26. The quantitative estimate of drug-likeness (QED) is 0.146. The topological polar surface area (TPSA) is 206 Å². The maximum atomic E-state index is 12.4. The molecule has 0 radical (unpaired) electrons. The van der Waals surface area contributed by atoms with Gasteiger partial charge in [-0.05, 0) is 83.5 Å². The highest BCUT2D eigenvalue weighted by Crippen LogP contribution is 2.55. The van der Waals surface area contributed by atoms with E-state index >= 15 is 0 Å². The Labute approximate surface area is 414 Å². The van der Waals surface area contributed by atoms with Crippen molar-refractivity contribution in [1.82, 2.24) is 40.5 Å². The lowest BCUT2D eigenvalue weighted by molar-refractivity contribution is -0.129. The van der Waals surface area contributed by atoms with E-state index in [-0.39, 0.29) is 51.8 Å². The van der Waals surface area contributed by atoms with Gasteiger partial charge in [-0.1, -0.05) is 60.2 Å². The number of hydrogen-bond donors (Lipinski definition) is 2. The van der Waals surface area contributed by atoms with Crippen molar-refractivity contribution in [3.05, 3.63) is 103 Å². The van der Waals surface area contributed by atoms with Gasteiger partial charge in [0.15, 0.2) is 5.78 Å². The Morgan fingerprint density at radius 2 is 1.20 bits per heavy atom. The molecular formula is C53H70N10O7. The maximum Gasteiger partial charge on any atom is 0.282 e. The number of hydrogen-bond acceptors (Lipinski definition) is 15. The van der Waals surface area contributed by atoms with E-state index in [9.17, 15) is 9.59 Å². The molecule has 0 aromatic carbocycles. The zero-order valence-corrected chi connectivity index (χ0v) is 43.3. The Balaban J connectivity index is 0.000000167. The second-order valence-electron chi connectivity index (χ2n) is 20.1. The molecule has 17 heteroatoms. The molecule has 2 N–H and O–H groups in total. The van der Waals surface area contributed by atoms with Crippen LogP contribution in [-0.4, -0.2) is 86.3 Å². The van der Waals surface area contributed by atoms with Gasteiger partial charge in [-0.15, -0.1) is 0 Å². The number of fused-ring (bicyclic) bond motifs is 10. The van der Waals surface area contributed by atoms with Crippen LogP contribution in [0.15, 0.2) is 22.5 Å². The van der Waals surface area contributed by atoms with Crippen LogP contribution in [0.25, 0.3) is 9.69 Å². The average Bonchev–Trinajstić information content (AvgIpc) is 3.83. The third-order valence-corrected chi connectivity index (χ3v) is 16.2. The number of nitrogens with one attached hydrogen (secondary N) is 1. The number of carbonyl (C=O) groups is 2. The first-order chi connectivity index (χ1) is 33.8. The summed E-state index contributed by atoms with van der Waals surface area (Å²) in [6.45, 7) is 33.0. The summed E-state index contributed by atoms with van der Waals surface area (Å²) in [5, 5.41) is 11.3. The molecule has 6 aliphatic carbocycles. The molecule has 0 aliphatic heterocycles. The first kappa shape index (κ1) is 51.7. The van der Waals surface area contributed by atoms with E-state index in [1.807, 2.05) is 46.9 Å². The van der Waals surface area contributed by atoms with E-state index < -0.39 is 11.5 Å². The largest absolute Gasteiger partial charge is 0.481 e. The number of ether oxygens (including phenoxy) is 3. The maximum absolute atomic E-state index is 12.4. The summed E-state index contributed by atoms with van der Waals surface area (Å²) in [5.41, 5.74) is 8.82. The summed E-state index contributed by atoms with van der Waals surface area (Å²) < 4.78 is 27.6. The van der Waals surface area contributed by atoms with Crippen molar-refractivity contribution in [1.29, 1.82) is 0 Å². The van der Waals surface area contributed by atoms with Crippen LogP contribution in [0.5, 0.6) is 17.6 Å². The minimum atomic E-state index is -0.552. The summed E-state index contributed by atoms with van der Waals surface area (Å²) >= 11 is 0. The molecule has 70 heavy (non-hydrogen) atoms. The van der Waals surface area contributed by atoms with E-state index in [0.717, 1.165) is 90.6 Å². The minimum Gasteiger partial charge on any atom is -0.481 e. The lowest BCUT2D eigenvalue weighted by Gasteiger charge is -2.47. The van der Waals surface area contributed by atoms with E-state index in [4.69, 9.17) is 48.4 Å². The molecule has 1 unspecified atom stereocenters. The van der Waals surface area contributed by atoms with Crippen LogP contribution in [0.4, 0.5) is 0 Å². The van der Waals surface area contributed by atoms with Crippen molar-refractivity contribution < 1.29 is 34.9 Å². The second-order valence-corrected chi connectivity index (χ2v) is 20.1. The van der Waals surface area contributed by atoms with Crippen molar-refractivity contribution in [3.63, 3.8) is 0 Å². The minimum absolute atomic E-state index is 0.00741. The Morgan fingerprint density at radius 3 is 1.69 bits per heavy atom. The lowest BCUT2D eigenvalue weighted by Crippen LogP contribution is -2.52. The van der Waals surface area contributed by atoms with Gasteiger partial charge in [-0.3, -0.25) is 4.79 Å². The molecule has 6 aliphatic rings. The molecule has 4 heterocycles. The second kappa shape index (κ2) is 20.7. The van der Waals surface area contributed by atoms with E-state index in [2.05, 4.69) is 62.5 Å². The van der Waals surface area contributed by atoms with Crippen molar-refractivity contribution in [3.8, 4) is 17.6 Å². The SMILES string of the molecule is CNO.COc1nc(C)nc2c1CC[C@H]1[C@H](C)c3oncc3C[C@]21C.[3H]C.[C-]#[N+]C1=C[C@]2(C)c3nc(C)nc(OC)c3CC[C@H]2[C@H](C)C1=O.[C-]#[N+]C1C[C@]2(C)c3nc(C)nc(OC)c3CC[C@H]2[C@H](C)C1=O. The molecule has 4 aromatic heterocycles. The first-order valence-electron chi connectivity index (χ1n) is 24.8. The van der Waals surface area contributed by atoms with Crippen LogP contribution in [0.1, 0.15) is 144 Å². The van der Waals surface area contributed by atoms with Gasteiger partial charge in [0, 0.05) is 71.1 Å². The van der Waals surface area contributed by atoms with Gasteiger partial charge in [0.2, 0.25) is 29.1 Å². The Kier molecular flexibility index (Phi) is 15.2. The molecule has 1 saturated carbocycles. The van der Waals surface area contributed by atoms with E-state index in [0.29, 0.717) is 41.7 Å². The fourth-order valence-corrected chi connectivity index (χ4v) is 13.0. The number of aryl methyl sites for hydroxylation is 3. The number of nitrogens with zero attached hydrogens (tertiary/aromatic N) is 9. The molecular weight excluding hydrogens is 889 g/mol. The van der Waals surface area contributed by atoms with Crippen LogP contribution in [-0.2, 0) is 51.5 Å². The van der Waals surface area contributed by atoms with E-state index in [1.165, 1.54) is 25.6 Å². The molecule has 0 saturated heterocycles. The molecule has 4 aromatic rings. The summed E-state index contributed by atoms with van der Waals surface area (Å²) in [6.07, 6.45) is 10.7. The molecule has 0 amide bonds. The fourth-order valence-electron chi connectivity index (χ4n) is 13.0. The molecule has 0 bridgehead atoms. The predicted molar refractivity (Wildman–Crippen MR) is 262 cm³/mol. The highest BCUT2D eigenvalue weighted by molar-refractivity contribution is 6.00. The highest BCUT2D eigenvalue weighted by Gasteiger charge is 2.56. The summed E-state index contributed by atoms with van der Waals surface area (Å²) in [6, 6.07) is -0.552. The van der Waals surface area contributed by atoms with Crippen LogP contribution in [0, 0.1) is 63.5 Å². The monoisotopic (exact) mass is 961 g/mol. The van der Waals surface area contributed by atoms with Gasteiger partial charge in [-0.2, -0.15) is 15.0 Å². The smallest absolute Gasteiger partial charge is 0.282 e. The zero-order valence-electron chi connectivity index (χ0n) is 44.3. The predicted octanol–water partition coefficient (Wildman–Crippen LogP) is 8.34. The van der Waals surface area contributed by atoms with Crippen molar-refractivity contribution in [2.45, 2.75) is 149 Å². The number of hydroxylamine groups is 1. The molecule has 0 spiro atoms.